The van der Waals surface area contributed by atoms with Crippen molar-refractivity contribution >= 4 is 117 Å². The smallest absolute Gasteiger partial charge is 0.254 e. The van der Waals surface area contributed by atoms with E-state index >= 15 is 0 Å². The van der Waals surface area contributed by atoms with Crippen LogP contribution in [0.5, 0.6) is 0 Å². The van der Waals surface area contributed by atoms with E-state index in [0.717, 1.165) is 75.2 Å². The molecule has 9 aromatic rings. The van der Waals surface area contributed by atoms with Crippen molar-refractivity contribution in [3.63, 3.8) is 0 Å². The van der Waals surface area contributed by atoms with Crippen molar-refractivity contribution in [2.24, 2.45) is 11.8 Å². The van der Waals surface area contributed by atoms with Gasteiger partial charge in [-0.1, -0.05) is 25.1 Å². The second kappa shape index (κ2) is 34.1. The molecule has 8 heterocycles. The number of carbonyl (C=O) groups excluding carboxylic acids is 3. The van der Waals surface area contributed by atoms with Gasteiger partial charge >= 0.3 is 0 Å². The fourth-order valence-electron chi connectivity index (χ4n) is 13.3. The van der Waals surface area contributed by atoms with Crippen molar-refractivity contribution < 1.29 is 70.7 Å². The minimum absolute atomic E-state index is 0.126. The number of sulfonamides is 3. The predicted molar refractivity (Wildman–Crippen MR) is 413 cm³/mol. The summed E-state index contributed by atoms with van der Waals surface area (Å²) >= 11 is 0. The van der Waals surface area contributed by atoms with Gasteiger partial charge in [0.05, 0.1) is 50.0 Å². The molecule has 29 nitrogen and oxygen atoms in total. The number of fused-ring (bicyclic) bond motifs is 3. The summed E-state index contributed by atoms with van der Waals surface area (Å²) in [6, 6.07) is 25.0. The summed E-state index contributed by atoms with van der Waals surface area (Å²) in [6.45, 7) is 5.90. The lowest BCUT2D eigenvalue weighted by Gasteiger charge is -2.38. The molecule has 596 valence electrons. The van der Waals surface area contributed by atoms with Crippen molar-refractivity contribution in [1.82, 2.24) is 49.0 Å². The van der Waals surface area contributed by atoms with Crippen LogP contribution in [0.15, 0.2) is 161 Å². The van der Waals surface area contributed by atoms with Crippen LogP contribution in [-0.4, -0.2) is 172 Å². The Morgan fingerprint density at radius 2 is 0.735 bits per heavy atom. The van der Waals surface area contributed by atoms with Crippen molar-refractivity contribution in [3.05, 3.63) is 198 Å². The topological polar surface area (TPSA) is 335 Å². The molecule has 3 unspecified atom stereocenters. The lowest BCUT2D eigenvalue weighted by molar-refractivity contribution is -0.120. The van der Waals surface area contributed by atoms with Crippen molar-refractivity contribution in [2.45, 2.75) is 65.4 Å². The third-order valence-electron chi connectivity index (χ3n) is 20.0. The zero-order valence-corrected chi connectivity index (χ0v) is 64.9. The molecule has 6 N–H and O–H groups in total. The van der Waals surface area contributed by atoms with Gasteiger partial charge in [-0.05, 0) is 160 Å². The molecular formula is C75H81F6N19O10S3. The second-order valence-electron chi connectivity index (χ2n) is 27.2. The molecule has 0 aliphatic carbocycles. The van der Waals surface area contributed by atoms with Gasteiger partial charge in [-0.2, -0.15) is 15.0 Å². The van der Waals surface area contributed by atoms with Gasteiger partial charge in [-0.15, -0.1) is 0 Å². The van der Waals surface area contributed by atoms with E-state index < -0.39 is 101 Å². The number of ether oxygens (including phenoxy) is 1. The second-order valence-corrected chi connectivity index (χ2v) is 32.7. The number of piperidine rings is 1. The molecule has 0 spiro atoms. The molecule has 3 atom stereocenters. The third kappa shape index (κ3) is 17.5. The maximum atomic E-state index is 14.6. The molecule has 3 aromatic heterocycles. The molecule has 6 aromatic carbocycles. The third-order valence-corrected chi connectivity index (χ3v) is 24.9. The molecule has 0 saturated carbocycles. The van der Waals surface area contributed by atoms with Gasteiger partial charge in [-0.25, -0.2) is 80.3 Å². The van der Waals surface area contributed by atoms with E-state index in [4.69, 9.17) is 4.74 Å². The van der Waals surface area contributed by atoms with Crippen molar-refractivity contribution in [2.75, 3.05) is 141 Å². The van der Waals surface area contributed by atoms with Gasteiger partial charge in [0.1, 0.15) is 70.1 Å². The number of hydrogen-bond donors (Lipinski definition) is 6. The van der Waals surface area contributed by atoms with Gasteiger partial charge in [0.25, 0.3) is 17.7 Å². The summed E-state index contributed by atoms with van der Waals surface area (Å²) in [5.41, 5.74) is 1.63. The highest BCUT2D eigenvalue weighted by molar-refractivity contribution is 7.90. The molecule has 38 heteroatoms. The Labute approximate surface area is 649 Å². The molecule has 2 saturated heterocycles. The number of nitrogens with one attached hydrogen (secondary N) is 6. The number of aromatic nitrogens is 6. The Kier molecular flexibility index (Phi) is 24.6. The summed E-state index contributed by atoms with van der Waals surface area (Å²) < 4.78 is 175. The van der Waals surface area contributed by atoms with E-state index in [-0.39, 0.29) is 55.1 Å². The fourth-order valence-corrected chi connectivity index (χ4v) is 16.8. The van der Waals surface area contributed by atoms with Gasteiger partial charge in [0.2, 0.25) is 47.9 Å². The Morgan fingerprint density at radius 1 is 0.442 bits per heavy atom. The average Bonchev–Trinajstić information content (AvgIpc) is 0.758. The highest BCUT2D eigenvalue weighted by Crippen LogP contribution is 2.44. The van der Waals surface area contributed by atoms with Crippen LogP contribution in [0.3, 0.4) is 0 Å². The summed E-state index contributed by atoms with van der Waals surface area (Å²) in [7, 11) is -0.337. The van der Waals surface area contributed by atoms with Crippen LogP contribution in [0.2, 0.25) is 0 Å². The molecular weight excluding hydrogens is 1540 g/mol. The normalized spacial score (nSPS) is 17.5. The van der Waals surface area contributed by atoms with E-state index in [9.17, 15) is 66.0 Å². The quantitative estimate of drug-likeness (QED) is 0.0387. The van der Waals surface area contributed by atoms with Gasteiger partial charge < -0.3 is 55.4 Å². The molecule has 113 heavy (non-hydrogen) atoms. The van der Waals surface area contributed by atoms with Gasteiger partial charge in [0.15, 0.2) is 17.5 Å². The number of hydrogen-bond acceptors (Lipinski definition) is 23. The first kappa shape index (κ1) is 81.5. The van der Waals surface area contributed by atoms with E-state index in [2.05, 4.69) is 60.6 Å². The number of carbonyl (C=O) groups is 3. The number of benzene rings is 6. The lowest BCUT2D eigenvalue weighted by atomic mass is 9.99. The SMILES string of the molecule is CCN(C)S(=O)(=O)c1ccc(Nc2ncc3c(n2)N(C)C(c2c(F)cccc2F)C(=O)N3C)cc1.CN1C(=O)C(c2c(F)cccc2F)N(C)c2nc(Nc3ccc(S(=O)(=O)NCC4CCNCC4)cc3)ncc21.CN1C(=O)C(c2c(F)cccc2F)N(C)c2nc(Nc3ccc(S(=O)(=O)NCC4CCOCC4)cc3)ncc21. The fraction of sp³-hybridized carbons (Fsp3) is 0.320. The standard InChI is InChI=1S/C26H29F2N7O3S.C26H28F2N6O4S.C23H24F2N6O3S/c1-34-21-15-30-26(33-24(21)35(2)23(25(34)36)22-19(27)4-3-5-20(22)28)32-17-6-8-18(9-7-17)39(37,38)31-14-16-10-12-29-13-11-16;1-33-21-15-29-26(32-24(21)34(2)23(25(33)35)22-19(27)4-3-5-20(22)28)31-17-6-8-18(9-7-17)39(36,37)30-14-16-10-12-38-13-11-16;1-5-29(2)35(33,34)15-11-9-14(10-12-15)27-23-26-13-18-21(28-23)31(4)20(22(32)30(18)3)19-16(24)7-6-8-17(19)25/h3-9,15-16,23,29,31H,10-14H2,1-2H3,(H,30,32,33);3-9,15-16,23,30H,10-14H2,1-2H3,(H,29,31,32);6-13,20H,5H2,1-4H3,(H,26,27,28). The molecule has 5 aliphatic heterocycles. The summed E-state index contributed by atoms with van der Waals surface area (Å²) in [6.07, 6.45) is 7.82. The predicted octanol–water partition coefficient (Wildman–Crippen LogP) is 9.58. The molecule has 14 rings (SSSR count). The van der Waals surface area contributed by atoms with Crippen LogP contribution in [0, 0.1) is 46.7 Å². The van der Waals surface area contributed by atoms with Crippen LogP contribution in [0.25, 0.3) is 0 Å². The van der Waals surface area contributed by atoms with Crippen LogP contribution >= 0.6 is 0 Å². The van der Waals surface area contributed by atoms with E-state index in [1.54, 1.807) is 43.3 Å². The number of nitrogens with zero attached hydrogens (tertiary/aromatic N) is 13. The zero-order chi connectivity index (χ0) is 81.0. The molecule has 3 amide bonds. The summed E-state index contributed by atoms with van der Waals surface area (Å²) in [4.78, 5) is 73.7. The summed E-state index contributed by atoms with van der Waals surface area (Å²) in [5.74, 6) is -4.64. The Bertz CT molecular complexity index is 5110. The number of anilines is 12. The minimum atomic E-state index is -3.67. The zero-order valence-electron chi connectivity index (χ0n) is 62.4. The van der Waals surface area contributed by atoms with E-state index in [1.807, 2.05) is 0 Å². The minimum Gasteiger partial charge on any atom is -0.381 e. The van der Waals surface area contributed by atoms with Crippen LogP contribution < -0.4 is 60.1 Å². The number of amides is 3. The Balaban J connectivity index is 0.000000157. The Hall–Kier alpha value is -11.0. The molecule has 0 radical (unpaired) electrons. The van der Waals surface area contributed by atoms with E-state index in [0.29, 0.717) is 90.3 Å². The molecule has 2 fully saturated rings. The first-order valence-corrected chi connectivity index (χ1v) is 40.1. The average molecular weight is 1620 g/mol. The number of halogens is 6. The van der Waals surface area contributed by atoms with Gasteiger partial charge in [-0.3, -0.25) is 14.4 Å². The van der Waals surface area contributed by atoms with Crippen molar-refractivity contribution in [3.8, 4) is 0 Å². The van der Waals surface area contributed by atoms with Gasteiger partial charge in [0, 0.05) is 99.2 Å². The van der Waals surface area contributed by atoms with Crippen molar-refractivity contribution in [1.29, 1.82) is 0 Å². The highest BCUT2D eigenvalue weighted by Gasteiger charge is 2.44. The first-order chi connectivity index (χ1) is 53.9. The molecule has 0 bridgehead atoms. The molecule has 5 aliphatic rings. The number of likely N-dealkylation sites (N-methyl/N-ethyl adjacent to an activating group) is 6. The maximum absolute atomic E-state index is 14.6. The highest BCUT2D eigenvalue weighted by atomic mass is 32.2. The Morgan fingerprint density at radius 3 is 1.04 bits per heavy atom. The maximum Gasteiger partial charge on any atom is 0.254 e. The van der Waals surface area contributed by atoms with Crippen LogP contribution in [0.4, 0.5) is 95.8 Å². The van der Waals surface area contributed by atoms with E-state index in [1.165, 1.54) is 156 Å². The first-order valence-electron chi connectivity index (χ1n) is 35.7. The number of rotatable bonds is 20. The summed E-state index contributed by atoms with van der Waals surface area (Å²) in [5, 5.41) is 12.3. The van der Waals surface area contributed by atoms with Crippen LogP contribution in [-0.2, 0) is 49.2 Å². The lowest BCUT2D eigenvalue weighted by Crippen LogP contribution is -2.46. The monoisotopic (exact) mass is 1620 g/mol. The van der Waals surface area contributed by atoms with Crippen LogP contribution in [0.1, 0.15) is 67.4 Å². The largest absolute Gasteiger partial charge is 0.381 e.